The Balaban J connectivity index is 0.00000441. The molecule has 0 aromatic heterocycles. The predicted octanol–water partition coefficient (Wildman–Crippen LogP) is 2.07. The van der Waals surface area contributed by atoms with Gasteiger partial charge in [0, 0.05) is 32.7 Å². The van der Waals surface area contributed by atoms with E-state index in [1.165, 1.54) is 5.56 Å². The molecule has 0 aliphatic rings. The molecule has 4 nitrogen and oxygen atoms in total. The van der Waals surface area contributed by atoms with Crippen LogP contribution in [-0.4, -0.2) is 48.4 Å². The lowest BCUT2D eigenvalue weighted by molar-refractivity contribution is -0.131. The first kappa shape index (κ1) is 20.4. The third kappa shape index (κ3) is 7.41. The van der Waals surface area contributed by atoms with E-state index in [4.69, 9.17) is 5.73 Å². The highest BCUT2D eigenvalue weighted by Crippen LogP contribution is 2.05. The summed E-state index contributed by atoms with van der Waals surface area (Å²) in [6.45, 7) is 10.7. The molecule has 0 saturated heterocycles. The molecule has 0 heterocycles. The maximum atomic E-state index is 12.3. The minimum Gasteiger partial charge on any atom is -0.334 e. The van der Waals surface area contributed by atoms with E-state index in [0.717, 1.165) is 6.54 Å². The zero-order chi connectivity index (χ0) is 15.5. The van der Waals surface area contributed by atoms with Gasteiger partial charge >= 0.3 is 0 Å². The van der Waals surface area contributed by atoms with Crippen molar-refractivity contribution in [3.05, 3.63) is 61.2 Å². The summed E-state index contributed by atoms with van der Waals surface area (Å²) in [5.74, 6) is 0.0687. The minimum atomic E-state index is 0. The number of hydrogen-bond donors (Lipinski definition) is 1. The van der Waals surface area contributed by atoms with Crippen molar-refractivity contribution in [3.63, 3.8) is 0 Å². The number of benzene rings is 1. The van der Waals surface area contributed by atoms with Crippen LogP contribution in [0, 0.1) is 0 Å². The molecule has 0 bridgehead atoms. The summed E-state index contributed by atoms with van der Waals surface area (Å²) in [5, 5.41) is 0. The van der Waals surface area contributed by atoms with Crippen molar-refractivity contribution in [2.45, 2.75) is 6.54 Å². The zero-order valence-corrected chi connectivity index (χ0v) is 13.8. The molecule has 0 fully saturated rings. The molecule has 0 spiro atoms. The lowest BCUT2D eigenvalue weighted by Gasteiger charge is -2.26. The first-order chi connectivity index (χ1) is 10.2. The topological polar surface area (TPSA) is 49.6 Å². The molecule has 0 atom stereocenters. The van der Waals surface area contributed by atoms with Crippen molar-refractivity contribution in [3.8, 4) is 0 Å². The van der Waals surface area contributed by atoms with Crippen molar-refractivity contribution >= 4 is 18.3 Å². The average molecular weight is 324 g/mol. The van der Waals surface area contributed by atoms with Crippen LogP contribution in [0.25, 0.3) is 0 Å². The number of nitrogens with two attached hydrogens (primary N) is 1. The van der Waals surface area contributed by atoms with Crippen molar-refractivity contribution in [2.75, 3.05) is 32.7 Å². The summed E-state index contributed by atoms with van der Waals surface area (Å²) in [6.07, 6.45) is 3.46. The lowest BCUT2D eigenvalue weighted by atomic mass is 10.2. The first-order valence-corrected chi connectivity index (χ1v) is 7.17. The summed E-state index contributed by atoms with van der Waals surface area (Å²) >= 11 is 0. The molecule has 0 radical (unpaired) electrons. The number of halogens is 1. The average Bonchev–Trinajstić information content (AvgIpc) is 2.48. The second-order valence-electron chi connectivity index (χ2n) is 4.86. The molecule has 0 aliphatic carbocycles. The van der Waals surface area contributed by atoms with Crippen LogP contribution in [-0.2, 0) is 11.3 Å². The smallest absolute Gasteiger partial charge is 0.237 e. The molecular formula is C17H26ClN3O. The van der Waals surface area contributed by atoms with Crippen LogP contribution in [0.15, 0.2) is 55.6 Å². The molecule has 0 unspecified atom stereocenters. The maximum Gasteiger partial charge on any atom is 0.237 e. The lowest BCUT2D eigenvalue weighted by Crippen LogP contribution is -2.41. The SMILES string of the molecule is C=CCN(CC=C)C(=O)CN(CCN)Cc1ccccc1.Cl. The highest BCUT2D eigenvalue weighted by molar-refractivity contribution is 5.85. The molecule has 1 aromatic carbocycles. The Morgan fingerprint density at radius 1 is 1.14 bits per heavy atom. The van der Waals surface area contributed by atoms with Crippen LogP contribution >= 0.6 is 12.4 Å². The van der Waals surface area contributed by atoms with Gasteiger partial charge in [-0.2, -0.15) is 0 Å². The van der Waals surface area contributed by atoms with Crippen LogP contribution in [0.3, 0.4) is 0 Å². The van der Waals surface area contributed by atoms with Gasteiger partial charge in [-0.25, -0.2) is 0 Å². The zero-order valence-electron chi connectivity index (χ0n) is 13.0. The number of rotatable bonds is 10. The van der Waals surface area contributed by atoms with E-state index < -0.39 is 0 Å². The summed E-state index contributed by atoms with van der Waals surface area (Å²) in [5.41, 5.74) is 6.83. The quantitative estimate of drug-likeness (QED) is 0.671. The molecule has 1 rings (SSSR count). The summed E-state index contributed by atoms with van der Waals surface area (Å²) in [6, 6.07) is 10.1. The highest BCUT2D eigenvalue weighted by Gasteiger charge is 2.15. The molecule has 122 valence electrons. The van der Waals surface area contributed by atoms with Crippen LogP contribution in [0.5, 0.6) is 0 Å². The molecule has 0 saturated carbocycles. The van der Waals surface area contributed by atoms with Gasteiger partial charge in [-0.05, 0) is 5.56 Å². The van der Waals surface area contributed by atoms with Gasteiger partial charge in [0.1, 0.15) is 0 Å². The minimum absolute atomic E-state index is 0. The van der Waals surface area contributed by atoms with E-state index in [2.05, 4.69) is 30.2 Å². The van der Waals surface area contributed by atoms with Gasteiger partial charge in [-0.3, -0.25) is 9.69 Å². The van der Waals surface area contributed by atoms with Crippen LogP contribution in [0.1, 0.15) is 5.56 Å². The molecule has 5 heteroatoms. The van der Waals surface area contributed by atoms with Gasteiger partial charge in [-0.15, -0.1) is 25.6 Å². The third-order valence-corrected chi connectivity index (χ3v) is 3.10. The summed E-state index contributed by atoms with van der Waals surface area (Å²) < 4.78 is 0. The first-order valence-electron chi connectivity index (χ1n) is 7.17. The Morgan fingerprint density at radius 2 is 1.73 bits per heavy atom. The Labute approximate surface area is 139 Å². The second kappa shape index (κ2) is 12.0. The molecule has 2 N–H and O–H groups in total. The van der Waals surface area contributed by atoms with Gasteiger partial charge < -0.3 is 10.6 Å². The standard InChI is InChI=1S/C17H25N3O.ClH/c1-3-11-20(12-4-2)17(21)15-19(13-10-18)14-16-8-6-5-7-9-16;/h3-9H,1-2,10-15,18H2;1H. The van der Waals surface area contributed by atoms with Gasteiger partial charge in [-0.1, -0.05) is 42.5 Å². The number of hydrogen-bond acceptors (Lipinski definition) is 3. The van der Waals surface area contributed by atoms with Gasteiger partial charge in [0.25, 0.3) is 0 Å². The molecule has 22 heavy (non-hydrogen) atoms. The number of carbonyl (C=O) groups is 1. The van der Waals surface area contributed by atoms with Crippen LogP contribution in [0.4, 0.5) is 0 Å². The monoisotopic (exact) mass is 323 g/mol. The van der Waals surface area contributed by atoms with Gasteiger partial charge in [0.2, 0.25) is 5.91 Å². The number of amides is 1. The van der Waals surface area contributed by atoms with Crippen molar-refractivity contribution < 1.29 is 4.79 Å². The van der Waals surface area contributed by atoms with E-state index in [-0.39, 0.29) is 18.3 Å². The molecule has 1 aromatic rings. The molecular weight excluding hydrogens is 298 g/mol. The van der Waals surface area contributed by atoms with Crippen LogP contribution < -0.4 is 5.73 Å². The maximum absolute atomic E-state index is 12.3. The van der Waals surface area contributed by atoms with E-state index in [9.17, 15) is 4.79 Å². The molecule has 1 amide bonds. The Kier molecular flexibility index (Phi) is 11.1. The van der Waals surface area contributed by atoms with E-state index in [0.29, 0.717) is 32.7 Å². The Bertz CT molecular complexity index is 440. The summed E-state index contributed by atoms with van der Waals surface area (Å²) in [4.78, 5) is 16.1. The normalized spacial score (nSPS) is 9.91. The van der Waals surface area contributed by atoms with E-state index in [1.54, 1.807) is 17.1 Å². The number of carbonyl (C=O) groups excluding carboxylic acids is 1. The van der Waals surface area contributed by atoms with Crippen LogP contribution in [0.2, 0.25) is 0 Å². The van der Waals surface area contributed by atoms with Gasteiger partial charge in [0.15, 0.2) is 0 Å². The fourth-order valence-corrected chi connectivity index (χ4v) is 2.12. The van der Waals surface area contributed by atoms with E-state index in [1.807, 2.05) is 18.2 Å². The van der Waals surface area contributed by atoms with Crippen molar-refractivity contribution in [2.24, 2.45) is 5.73 Å². The second-order valence-corrected chi connectivity index (χ2v) is 4.86. The number of nitrogens with zero attached hydrogens (tertiary/aromatic N) is 2. The summed E-state index contributed by atoms with van der Waals surface area (Å²) in [7, 11) is 0. The Morgan fingerprint density at radius 3 is 2.23 bits per heavy atom. The third-order valence-electron chi connectivity index (χ3n) is 3.10. The molecule has 0 aliphatic heterocycles. The highest BCUT2D eigenvalue weighted by atomic mass is 35.5. The fourth-order valence-electron chi connectivity index (χ4n) is 2.12. The predicted molar refractivity (Wildman–Crippen MR) is 95.0 cm³/mol. The van der Waals surface area contributed by atoms with E-state index >= 15 is 0 Å². The fraction of sp³-hybridized carbons (Fsp3) is 0.353. The Hall–Kier alpha value is -1.62. The van der Waals surface area contributed by atoms with Crippen molar-refractivity contribution in [1.29, 1.82) is 0 Å². The van der Waals surface area contributed by atoms with Crippen molar-refractivity contribution in [1.82, 2.24) is 9.80 Å². The van der Waals surface area contributed by atoms with Gasteiger partial charge in [0.05, 0.1) is 6.54 Å². The largest absolute Gasteiger partial charge is 0.334 e.